The van der Waals surface area contributed by atoms with Crippen molar-refractivity contribution in [2.75, 3.05) is 37.4 Å². The van der Waals surface area contributed by atoms with Crippen molar-refractivity contribution in [3.63, 3.8) is 0 Å². The van der Waals surface area contributed by atoms with E-state index in [2.05, 4.69) is 17.2 Å². The first-order valence-electron chi connectivity index (χ1n) is 7.40. The third kappa shape index (κ3) is 3.85. The lowest BCUT2D eigenvalue weighted by atomic mass is 10.0. The van der Waals surface area contributed by atoms with Gasteiger partial charge in [0.1, 0.15) is 10.7 Å². The lowest BCUT2D eigenvalue weighted by Crippen LogP contribution is -2.31. The van der Waals surface area contributed by atoms with Crippen LogP contribution in [0.5, 0.6) is 0 Å². The van der Waals surface area contributed by atoms with Crippen LogP contribution in [0.25, 0.3) is 0 Å². The van der Waals surface area contributed by atoms with Crippen LogP contribution < -0.4 is 16.0 Å². The number of thiazole rings is 1. The normalized spacial score (nSPS) is 21.5. The number of hydrogen-bond acceptors (Lipinski definition) is 6. The zero-order valence-electron chi connectivity index (χ0n) is 12.9. The van der Waals surface area contributed by atoms with Crippen molar-refractivity contribution in [1.82, 2.24) is 10.3 Å². The zero-order valence-corrected chi connectivity index (χ0v) is 13.7. The molecule has 1 amide bonds. The van der Waals surface area contributed by atoms with E-state index in [9.17, 15) is 4.79 Å². The summed E-state index contributed by atoms with van der Waals surface area (Å²) < 4.78 is 5.50. The van der Waals surface area contributed by atoms with Crippen LogP contribution in [0.2, 0.25) is 0 Å². The van der Waals surface area contributed by atoms with Gasteiger partial charge in [0.2, 0.25) is 0 Å². The Kier molecular flexibility index (Phi) is 5.41. The van der Waals surface area contributed by atoms with Gasteiger partial charge in [-0.1, -0.05) is 18.3 Å². The molecule has 1 aliphatic rings. The van der Waals surface area contributed by atoms with Gasteiger partial charge in [0, 0.05) is 32.7 Å². The Labute approximate surface area is 129 Å². The number of nitrogens with zero attached hydrogens (tertiary/aromatic N) is 2. The minimum Gasteiger partial charge on any atom is -0.382 e. The zero-order chi connectivity index (χ0) is 15.4. The second-order valence-electron chi connectivity index (χ2n) is 5.47. The average molecular weight is 312 g/mol. The van der Waals surface area contributed by atoms with Gasteiger partial charge in [0.15, 0.2) is 5.13 Å². The molecule has 0 spiro atoms. The molecule has 2 heterocycles. The van der Waals surface area contributed by atoms with E-state index < -0.39 is 0 Å². The number of rotatable bonds is 6. The van der Waals surface area contributed by atoms with Gasteiger partial charge in [-0.25, -0.2) is 4.98 Å². The van der Waals surface area contributed by atoms with Crippen molar-refractivity contribution in [3.05, 3.63) is 4.88 Å². The van der Waals surface area contributed by atoms with Crippen LogP contribution in [-0.2, 0) is 4.74 Å². The van der Waals surface area contributed by atoms with Crippen LogP contribution in [0.3, 0.4) is 0 Å². The van der Waals surface area contributed by atoms with Gasteiger partial charge in [-0.05, 0) is 19.8 Å². The Morgan fingerprint density at radius 3 is 3.00 bits per heavy atom. The number of anilines is 2. The summed E-state index contributed by atoms with van der Waals surface area (Å²) >= 11 is 1.35. The fraction of sp³-hybridized carbons (Fsp3) is 0.714. The third-order valence-corrected chi connectivity index (χ3v) is 4.98. The molecule has 7 heteroatoms. The van der Waals surface area contributed by atoms with Gasteiger partial charge in [-0.3, -0.25) is 4.79 Å². The highest BCUT2D eigenvalue weighted by Crippen LogP contribution is 2.27. The summed E-state index contributed by atoms with van der Waals surface area (Å²) in [5.74, 6) is 0.553. The number of hydrogen-bond donors (Lipinski definition) is 2. The van der Waals surface area contributed by atoms with Crippen LogP contribution in [0.15, 0.2) is 0 Å². The largest absolute Gasteiger partial charge is 0.382 e. The van der Waals surface area contributed by atoms with E-state index in [1.54, 1.807) is 0 Å². The molecule has 0 aliphatic carbocycles. The van der Waals surface area contributed by atoms with Crippen molar-refractivity contribution in [2.45, 2.75) is 32.8 Å². The summed E-state index contributed by atoms with van der Waals surface area (Å²) in [5.41, 5.74) is 5.87. The number of carbonyl (C=O) groups excluding carboxylic acids is 1. The molecule has 0 saturated carbocycles. The quantitative estimate of drug-likeness (QED) is 0.836. The average Bonchev–Trinajstić information content (AvgIpc) is 3.02. The van der Waals surface area contributed by atoms with Crippen molar-refractivity contribution in [1.29, 1.82) is 0 Å². The van der Waals surface area contributed by atoms with Crippen LogP contribution in [0, 0.1) is 5.92 Å². The summed E-state index contributed by atoms with van der Waals surface area (Å²) in [4.78, 5) is 19.0. The van der Waals surface area contributed by atoms with Crippen molar-refractivity contribution in [2.24, 2.45) is 5.92 Å². The summed E-state index contributed by atoms with van der Waals surface area (Å²) in [6, 6.07) is 0. The minimum atomic E-state index is -0.139. The molecule has 1 aliphatic heterocycles. The fourth-order valence-electron chi connectivity index (χ4n) is 2.43. The van der Waals surface area contributed by atoms with Gasteiger partial charge >= 0.3 is 0 Å². The number of carbonyl (C=O) groups is 1. The van der Waals surface area contributed by atoms with E-state index >= 15 is 0 Å². The van der Waals surface area contributed by atoms with Gasteiger partial charge in [0.05, 0.1) is 6.10 Å². The van der Waals surface area contributed by atoms with Gasteiger partial charge < -0.3 is 20.7 Å². The van der Waals surface area contributed by atoms with Gasteiger partial charge in [-0.15, -0.1) is 0 Å². The van der Waals surface area contributed by atoms with E-state index in [0.717, 1.165) is 31.1 Å². The lowest BCUT2D eigenvalue weighted by molar-refractivity contribution is 0.0911. The monoisotopic (exact) mass is 312 g/mol. The number of nitrogens with one attached hydrogen (secondary N) is 1. The van der Waals surface area contributed by atoms with Gasteiger partial charge in [-0.2, -0.15) is 0 Å². The highest BCUT2D eigenvalue weighted by Gasteiger charge is 2.25. The maximum atomic E-state index is 12.2. The van der Waals surface area contributed by atoms with Crippen LogP contribution >= 0.6 is 11.3 Å². The molecule has 1 aromatic rings. The second-order valence-corrected chi connectivity index (χ2v) is 6.44. The molecule has 0 radical (unpaired) electrons. The predicted octanol–water partition coefficient (Wildman–Crippen LogP) is 1.73. The summed E-state index contributed by atoms with van der Waals surface area (Å²) in [5, 5.41) is 3.74. The topological polar surface area (TPSA) is 80.5 Å². The number of aromatic nitrogens is 1. The Hall–Kier alpha value is -1.34. The Morgan fingerprint density at radius 2 is 2.38 bits per heavy atom. The smallest absolute Gasteiger partial charge is 0.265 e. The highest BCUT2D eigenvalue weighted by molar-refractivity contribution is 7.18. The van der Waals surface area contributed by atoms with E-state index in [-0.39, 0.29) is 12.0 Å². The van der Waals surface area contributed by atoms with Gasteiger partial charge in [0.25, 0.3) is 5.91 Å². The van der Waals surface area contributed by atoms with E-state index in [1.165, 1.54) is 11.3 Å². The first kappa shape index (κ1) is 16.0. The molecule has 2 atom stereocenters. The molecular formula is C14H24N4O2S. The second kappa shape index (κ2) is 7.09. The molecular weight excluding hydrogens is 288 g/mol. The molecule has 1 aromatic heterocycles. The van der Waals surface area contributed by atoms with Crippen molar-refractivity contribution < 1.29 is 9.53 Å². The van der Waals surface area contributed by atoms with Crippen molar-refractivity contribution >= 4 is 28.2 Å². The lowest BCUT2D eigenvalue weighted by Gasteiger charge is -2.14. The van der Waals surface area contributed by atoms with Crippen LogP contribution in [0.4, 0.5) is 10.9 Å². The summed E-state index contributed by atoms with van der Waals surface area (Å²) in [7, 11) is 1.96. The Morgan fingerprint density at radius 1 is 1.62 bits per heavy atom. The first-order chi connectivity index (χ1) is 10.0. The molecule has 1 fully saturated rings. The fourth-order valence-corrected chi connectivity index (χ4v) is 3.31. The molecule has 3 N–H and O–H groups in total. The minimum absolute atomic E-state index is 0.139. The third-order valence-electron chi connectivity index (χ3n) is 3.79. The maximum Gasteiger partial charge on any atom is 0.265 e. The molecule has 6 nitrogen and oxygen atoms in total. The first-order valence-corrected chi connectivity index (χ1v) is 8.21. The molecule has 1 saturated heterocycles. The Balaban J connectivity index is 1.95. The molecule has 2 rings (SSSR count). The number of amides is 1. The summed E-state index contributed by atoms with van der Waals surface area (Å²) in [6.45, 7) is 6.44. The van der Waals surface area contributed by atoms with Crippen LogP contribution in [-0.4, -0.2) is 43.7 Å². The molecule has 118 valence electrons. The maximum absolute atomic E-state index is 12.2. The van der Waals surface area contributed by atoms with Crippen LogP contribution in [0.1, 0.15) is 36.4 Å². The molecule has 0 aromatic carbocycles. The molecule has 0 bridgehead atoms. The molecule has 21 heavy (non-hydrogen) atoms. The number of nitrogen functional groups attached to an aromatic ring is 1. The number of ether oxygens (including phenoxy) is 1. The van der Waals surface area contributed by atoms with Crippen molar-refractivity contribution in [3.8, 4) is 0 Å². The highest BCUT2D eigenvalue weighted by atomic mass is 32.1. The molecule has 2 unspecified atom stereocenters. The van der Waals surface area contributed by atoms with E-state index in [4.69, 9.17) is 10.5 Å². The number of nitrogens with two attached hydrogens (primary N) is 1. The van der Waals surface area contributed by atoms with E-state index in [1.807, 2.05) is 18.9 Å². The predicted molar refractivity (Wildman–Crippen MR) is 85.9 cm³/mol. The SMILES string of the molecule is CCCN(C)c1nc(N)c(C(=O)NCC2CCOC2C)s1. The Bertz CT molecular complexity index is 491. The standard InChI is InChI=1S/C14H24N4O2S/c1-4-6-18(3)14-17-12(15)11(21-14)13(19)16-8-10-5-7-20-9(10)2/h9-10H,4-8,15H2,1-3H3,(H,16,19). The summed E-state index contributed by atoms with van der Waals surface area (Å²) in [6.07, 6.45) is 2.22. The van der Waals surface area contributed by atoms with E-state index in [0.29, 0.717) is 23.2 Å².